The van der Waals surface area contributed by atoms with Crippen LogP contribution in [-0.4, -0.2) is 45.9 Å². The molecule has 0 aliphatic heterocycles. The highest BCUT2D eigenvalue weighted by Gasteiger charge is 2.33. The van der Waals surface area contributed by atoms with Crippen LogP contribution in [-0.2, 0) is 17.5 Å². The molecular formula is C14H15F3N6O2. The van der Waals surface area contributed by atoms with E-state index in [1.54, 1.807) is 0 Å². The first-order valence-corrected chi connectivity index (χ1v) is 7.01. The molecule has 2 N–H and O–H groups in total. The van der Waals surface area contributed by atoms with Crippen LogP contribution in [0.3, 0.4) is 0 Å². The molecule has 1 heterocycles. The van der Waals surface area contributed by atoms with E-state index in [1.807, 2.05) is 0 Å². The molecule has 1 aromatic carbocycles. The van der Waals surface area contributed by atoms with Crippen molar-refractivity contribution in [1.29, 1.82) is 0 Å². The highest BCUT2D eigenvalue weighted by Crippen LogP contribution is 2.34. The zero-order valence-electron chi connectivity index (χ0n) is 13.3. The smallest absolute Gasteiger partial charge is 0.331 e. The summed E-state index contributed by atoms with van der Waals surface area (Å²) < 4.78 is 38.7. The van der Waals surface area contributed by atoms with Gasteiger partial charge < -0.3 is 10.2 Å². The van der Waals surface area contributed by atoms with Gasteiger partial charge in [0, 0.05) is 14.1 Å². The predicted molar refractivity (Wildman–Crippen MR) is 82.8 cm³/mol. The third kappa shape index (κ3) is 4.93. The molecule has 0 atom stereocenters. The van der Waals surface area contributed by atoms with Gasteiger partial charge in [0.15, 0.2) is 5.82 Å². The molecule has 134 valence electrons. The molecule has 0 aliphatic carbocycles. The van der Waals surface area contributed by atoms with Crippen LogP contribution < -0.4 is 10.6 Å². The third-order valence-electron chi connectivity index (χ3n) is 2.97. The van der Waals surface area contributed by atoms with Crippen LogP contribution in [0.1, 0.15) is 5.56 Å². The summed E-state index contributed by atoms with van der Waals surface area (Å²) in [5.74, 6) is -0.625. The van der Waals surface area contributed by atoms with E-state index in [9.17, 15) is 22.8 Å². The molecule has 0 unspecified atom stereocenters. The second kappa shape index (κ2) is 7.20. The largest absolute Gasteiger partial charge is 0.418 e. The standard InChI is InChI=1S/C14H15F3N6O2/c1-22(2)13(25)20-11-7-18-23(21-11)8-12(24)19-10-6-4-3-5-9(10)14(15,16)17/h3-7H,8H2,1-2H3,(H,19,24)(H,20,21,25). The quantitative estimate of drug-likeness (QED) is 0.877. The van der Waals surface area contributed by atoms with Gasteiger partial charge in [0.2, 0.25) is 5.91 Å². The Labute approximate surface area is 140 Å². The second-order valence-corrected chi connectivity index (χ2v) is 5.18. The van der Waals surface area contributed by atoms with Crippen LogP contribution in [0.2, 0.25) is 0 Å². The first-order chi connectivity index (χ1) is 11.7. The van der Waals surface area contributed by atoms with E-state index >= 15 is 0 Å². The highest BCUT2D eigenvalue weighted by molar-refractivity contribution is 5.91. The second-order valence-electron chi connectivity index (χ2n) is 5.18. The normalized spacial score (nSPS) is 11.1. The van der Waals surface area contributed by atoms with Gasteiger partial charge in [-0.3, -0.25) is 10.1 Å². The summed E-state index contributed by atoms with van der Waals surface area (Å²) in [6, 6.07) is 4.20. The number of para-hydroxylation sites is 1. The van der Waals surface area contributed by atoms with Crippen LogP contribution in [0.25, 0.3) is 0 Å². The summed E-state index contributed by atoms with van der Waals surface area (Å²) in [5, 5.41) is 12.2. The summed E-state index contributed by atoms with van der Waals surface area (Å²) in [4.78, 5) is 25.6. The Bertz CT molecular complexity index is 772. The van der Waals surface area contributed by atoms with Crippen molar-refractivity contribution in [2.45, 2.75) is 12.7 Å². The summed E-state index contributed by atoms with van der Waals surface area (Å²) in [6.07, 6.45) is -3.37. The monoisotopic (exact) mass is 356 g/mol. The maximum atomic E-state index is 12.9. The molecule has 25 heavy (non-hydrogen) atoms. The van der Waals surface area contributed by atoms with Crippen molar-refractivity contribution in [2.24, 2.45) is 0 Å². The van der Waals surface area contributed by atoms with Gasteiger partial charge in [0.25, 0.3) is 0 Å². The molecule has 0 spiro atoms. The number of carbonyl (C=O) groups is 2. The van der Waals surface area contributed by atoms with Gasteiger partial charge in [-0.2, -0.15) is 23.1 Å². The Balaban J connectivity index is 2.02. The van der Waals surface area contributed by atoms with Gasteiger partial charge in [-0.1, -0.05) is 12.1 Å². The molecule has 0 bridgehead atoms. The van der Waals surface area contributed by atoms with Gasteiger partial charge in [0.1, 0.15) is 6.54 Å². The molecule has 11 heteroatoms. The molecule has 1 aromatic heterocycles. The van der Waals surface area contributed by atoms with Crippen LogP contribution in [0.15, 0.2) is 30.5 Å². The number of urea groups is 1. The van der Waals surface area contributed by atoms with Crippen LogP contribution in [0.4, 0.5) is 29.5 Å². The lowest BCUT2D eigenvalue weighted by molar-refractivity contribution is -0.137. The lowest BCUT2D eigenvalue weighted by atomic mass is 10.1. The Hall–Kier alpha value is -3.11. The Morgan fingerprint density at radius 1 is 1.20 bits per heavy atom. The number of nitrogens with zero attached hydrogens (tertiary/aromatic N) is 4. The van der Waals surface area contributed by atoms with E-state index in [4.69, 9.17) is 0 Å². The summed E-state index contributed by atoms with van der Waals surface area (Å²) in [6.45, 7) is -0.413. The minimum absolute atomic E-state index is 0.113. The number of hydrogen-bond donors (Lipinski definition) is 2. The van der Waals surface area contributed by atoms with Crippen LogP contribution in [0, 0.1) is 0 Å². The molecule has 8 nitrogen and oxygen atoms in total. The number of alkyl halides is 3. The topological polar surface area (TPSA) is 92.2 Å². The maximum Gasteiger partial charge on any atom is 0.418 e. The van der Waals surface area contributed by atoms with Gasteiger partial charge in [-0.05, 0) is 12.1 Å². The molecule has 2 aromatic rings. The highest BCUT2D eigenvalue weighted by atomic mass is 19.4. The lowest BCUT2D eigenvalue weighted by Crippen LogP contribution is -2.27. The van der Waals surface area contributed by atoms with Crippen molar-refractivity contribution < 1.29 is 22.8 Å². The zero-order chi connectivity index (χ0) is 18.6. The number of hydrogen-bond acceptors (Lipinski definition) is 4. The third-order valence-corrected chi connectivity index (χ3v) is 2.97. The van der Waals surface area contributed by atoms with Gasteiger partial charge in [-0.25, -0.2) is 4.79 Å². The molecule has 0 saturated heterocycles. The molecule has 0 radical (unpaired) electrons. The number of nitrogens with one attached hydrogen (secondary N) is 2. The summed E-state index contributed by atoms with van der Waals surface area (Å²) >= 11 is 0. The van der Waals surface area contributed by atoms with Crippen molar-refractivity contribution in [2.75, 3.05) is 24.7 Å². The van der Waals surface area contributed by atoms with Crippen molar-refractivity contribution in [3.8, 4) is 0 Å². The fraction of sp³-hybridized carbons (Fsp3) is 0.286. The fourth-order valence-corrected chi connectivity index (χ4v) is 1.81. The summed E-state index contributed by atoms with van der Waals surface area (Å²) in [5.41, 5.74) is -1.30. The van der Waals surface area contributed by atoms with Crippen LogP contribution >= 0.6 is 0 Å². The predicted octanol–water partition coefficient (Wildman–Crippen LogP) is 2.03. The molecule has 3 amide bonds. The maximum absolute atomic E-state index is 12.9. The lowest BCUT2D eigenvalue weighted by Gasteiger charge is -2.13. The molecule has 2 rings (SSSR count). The van der Waals surface area contributed by atoms with Crippen molar-refractivity contribution in [3.05, 3.63) is 36.0 Å². The van der Waals surface area contributed by atoms with Gasteiger partial charge in [-0.15, -0.1) is 5.10 Å². The van der Waals surface area contributed by atoms with Crippen molar-refractivity contribution in [1.82, 2.24) is 19.9 Å². The molecular weight excluding hydrogens is 341 g/mol. The number of aromatic nitrogens is 3. The van der Waals surface area contributed by atoms with E-state index in [-0.39, 0.29) is 11.5 Å². The fourth-order valence-electron chi connectivity index (χ4n) is 1.81. The molecule has 0 fully saturated rings. The van der Waals surface area contributed by atoms with Crippen molar-refractivity contribution >= 4 is 23.4 Å². The SMILES string of the molecule is CN(C)C(=O)Nc1cnn(CC(=O)Nc2ccccc2C(F)(F)F)n1. The Morgan fingerprint density at radius 2 is 1.88 bits per heavy atom. The first kappa shape index (κ1) is 18.2. The van der Waals surface area contributed by atoms with Gasteiger partial charge in [0.05, 0.1) is 17.4 Å². The average molecular weight is 356 g/mol. The Kier molecular flexibility index (Phi) is 5.25. The number of anilines is 2. The number of rotatable bonds is 4. The van der Waals surface area contributed by atoms with Gasteiger partial charge >= 0.3 is 12.2 Å². The van der Waals surface area contributed by atoms with E-state index in [1.165, 1.54) is 37.3 Å². The van der Waals surface area contributed by atoms with E-state index in [0.717, 1.165) is 16.9 Å². The molecule has 0 saturated carbocycles. The Morgan fingerprint density at radius 3 is 2.52 bits per heavy atom. The van der Waals surface area contributed by atoms with Crippen LogP contribution in [0.5, 0.6) is 0 Å². The minimum atomic E-state index is -4.59. The number of halogens is 3. The average Bonchev–Trinajstić information content (AvgIpc) is 2.93. The zero-order valence-corrected chi connectivity index (χ0v) is 13.3. The number of benzene rings is 1. The van der Waals surface area contributed by atoms with Crippen molar-refractivity contribution in [3.63, 3.8) is 0 Å². The summed E-state index contributed by atoms with van der Waals surface area (Å²) in [7, 11) is 3.07. The number of carbonyl (C=O) groups excluding carboxylic acids is 2. The number of amides is 3. The van der Waals surface area contributed by atoms with E-state index in [2.05, 4.69) is 20.8 Å². The molecule has 0 aliphatic rings. The first-order valence-electron chi connectivity index (χ1n) is 7.01. The minimum Gasteiger partial charge on any atom is -0.331 e. The van der Waals surface area contributed by atoms with E-state index < -0.39 is 30.2 Å². The van der Waals surface area contributed by atoms with E-state index in [0.29, 0.717) is 0 Å².